The third-order valence-electron chi connectivity index (χ3n) is 3.82. The molecule has 0 fully saturated rings. The lowest BCUT2D eigenvalue weighted by Crippen LogP contribution is -2.15. The predicted molar refractivity (Wildman–Crippen MR) is 90.4 cm³/mol. The third kappa shape index (κ3) is 2.39. The van der Waals surface area contributed by atoms with Gasteiger partial charge in [-0.3, -0.25) is 4.57 Å². The quantitative estimate of drug-likeness (QED) is 0.587. The Labute approximate surface area is 140 Å². The molecular weight excluding hydrogens is 332 g/mol. The Hall–Kier alpha value is -2.61. The van der Waals surface area contributed by atoms with Crippen molar-refractivity contribution in [3.05, 3.63) is 47.9 Å². The number of hydrogen-bond donors (Lipinski definition) is 1. The van der Waals surface area contributed by atoms with Crippen molar-refractivity contribution in [1.29, 1.82) is 0 Å². The van der Waals surface area contributed by atoms with E-state index in [1.54, 1.807) is 31.2 Å². The molecule has 4 aromatic rings. The monoisotopic (exact) mass is 345 g/mol. The minimum Gasteiger partial charge on any atom is -0.360 e. The van der Waals surface area contributed by atoms with Crippen molar-refractivity contribution in [2.24, 2.45) is 0 Å². The molecule has 4 rings (SSSR count). The first kappa shape index (κ1) is 14.9. The molecule has 0 aliphatic carbocycles. The number of thiophene rings is 1. The third-order valence-corrected chi connectivity index (χ3v) is 4.64. The van der Waals surface area contributed by atoms with Gasteiger partial charge < -0.3 is 5.32 Å². The number of imidazole rings is 1. The fourth-order valence-electron chi connectivity index (χ4n) is 2.75. The zero-order valence-corrected chi connectivity index (χ0v) is 13.5. The van der Waals surface area contributed by atoms with Gasteiger partial charge in [0.15, 0.2) is 0 Å². The summed E-state index contributed by atoms with van der Waals surface area (Å²) < 4.78 is 28.1. The average molecular weight is 345 g/mol. The smallest absolute Gasteiger partial charge is 0.320 e. The number of hydrogen-bond acceptors (Lipinski definition) is 5. The van der Waals surface area contributed by atoms with Gasteiger partial charge in [-0.15, -0.1) is 11.3 Å². The number of anilines is 1. The highest BCUT2D eigenvalue weighted by atomic mass is 32.1. The molecule has 1 unspecified atom stereocenters. The lowest BCUT2D eigenvalue weighted by atomic mass is 10.3. The van der Waals surface area contributed by atoms with Crippen molar-refractivity contribution in [2.45, 2.75) is 19.5 Å². The van der Waals surface area contributed by atoms with E-state index in [0.29, 0.717) is 16.9 Å². The summed E-state index contributed by atoms with van der Waals surface area (Å²) in [5.41, 5.74) is 0.962. The summed E-state index contributed by atoms with van der Waals surface area (Å²) in [5.74, 6) is 0.884. The minimum absolute atomic E-state index is 0.271. The SMILES string of the molecule is CC(Nc1ncnc2sccc12)c1nc2ccccc2n1C(F)F. The molecule has 0 radical (unpaired) electrons. The maximum atomic E-state index is 13.6. The van der Waals surface area contributed by atoms with Crippen LogP contribution in [0, 0.1) is 0 Å². The van der Waals surface area contributed by atoms with E-state index in [2.05, 4.69) is 20.3 Å². The van der Waals surface area contributed by atoms with Crippen LogP contribution in [0.4, 0.5) is 14.6 Å². The summed E-state index contributed by atoms with van der Waals surface area (Å²) in [4.78, 5) is 13.6. The van der Waals surface area contributed by atoms with Gasteiger partial charge in [0.1, 0.15) is 22.8 Å². The number of nitrogens with zero attached hydrogens (tertiary/aromatic N) is 4. The molecule has 3 heterocycles. The fraction of sp³-hybridized carbons (Fsp3) is 0.188. The molecule has 1 atom stereocenters. The van der Waals surface area contributed by atoms with E-state index in [-0.39, 0.29) is 5.82 Å². The van der Waals surface area contributed by atoms with Gasteiger partial charge in [-0.1, -0.05) is 12.1 Å². The van der Waals surface area contributed by atoms with E-state index < -0.39 is 12.6 Å². The van der Waals surface area contributed by atoms with E-state index >= 15 is 0 Å². The first-order chi connectivity index (χ1) is 11.6. The molecule has 0 spiro atoms. The van der Waals surface area contributed by atoms with Crippen LogP contribution in [-0.2, 0) is 0 Å². The summed E-state index contributed by atoms with van der Waals surface area (Å²) in [6.07, 6.45) is 1.46. The van der Waals surface area contributed by atoms with Gasteiger partial charge >= 0.3 is 6.55 Å². The van der Waals surface area contributed by atoms with E-state index in [0.717, 1.165) is 14.8 Å². The first-order valence-electron chi connectivity index (χ1n) is 7.35. The standard InChI is InChI=1S/C16H13F2N5S/c1-9(21-13-10-6-7-24-15(10)20-8-19-13)14-22-11-4-2-3-5-12(11)23(14)16(17)18/h2-9,16H,1H3,(H,19,20,21). The largest absolute Gasteiger partial charge is 0.360 e. The van der Waals surface area contributed by atoms with Crippen molar-refractivity contribution in [3.8, 4) is 0 Å². The molecule has 0 aliphatic heterocycles. The number of alkyl halides is 2. The second-order valence-electron chi connectivity index (χ2n) is 5.33. The maximum Gasteiger partial charge on any atom is 0.320 e. The topological polar surface area (TPSA) is 55.6 Å². The summed E-state index contributed by atoms with van der Waals surface area (Å²) in [6, 6.07) is 8.35. The van der Waals surface area contributed by atoms with Crippen LogP contribution in [0.15, 0.2) is 42.0 Å². The number of benzene rings is 1. The van der Waals surface area contributed by atoms with Crippen LogP contribution in [0.3, 0.4) is 0 Å². The van der Waals surface area contributed by atoms with Gasteiger partial charge in [0.05, 0.1) is 22.5 Å². The zero-order valence-electron chi connectivity index (χ0n) is 12.6. The molecule has 0 bridgehead atoms. The Morgan fingerprint density at radius 1 is 1.17 bits per heavy atom. The molecule has 122 valence electrons. The lowest BCUT2D eigenvalue weighted by molar-refractivity contribution is 0.0708. The maximum absolute atomic E-state index is 13.6. The van der Waals surface area contributed by atoms with Gasteiger partial charge in [-0.25, -0.2) is 15.0 Å². The highest BCUT2D eigenvalue weighted by molar-refractivity contribution is 7.16. The predicted octanol–water partition coefficient (Wildman–Crippen LogP) is 4.61. The normalized spacial score (nSPS) is 13.0. The van der Waals surface area contributed by atoms with E-state index in [1.807, 2.05) is 11.4 Å². The van der Waals surface area contributed by atoms with E-state index in [1.165, 1.54) is 17.7 Å². The van der Waals surface area contributed by atoms with Crippen LogP contribution in [0.25, 0.3) is 21.3 Å². The highest BCUT2D eigenvalue weighted by Gasteiger charge is 2.22. The first-order valence-corrected chi connectivity index (χ1v) is 8.23. The van der Waals surface area contributed by atoms with Crippen LogP contribution >= 0.6 is 11.3 Å². The Balaban J connectivity index is 1.77. The molecule has 8 heteroatoms. The molecule has 3 aromatic heterocycles. The molecule has 1 N–H and O–H groups in total. The summed E-state index contributed by atoms with van der Waals surface area (Å²) in [6.45, 7) is -0.872. The molecule has 0 saturated heterocycles. The van der Waals surface area contributed by atoms with Gasteiger partial charge in [0, 0.05) is 0 Å². The van der Waals surface area contributed by atoms with Crippen molar-refractivity contribution < 1.29 is 8.78 Å². The second kappa shape index (κ2) is 5.79. The van der Waals surface area contributed by atoms with Crippen molar-refractivity contribution >= 4 is 38.4 Å². The second-order valence-corrected chi connectivity index (χ2v) is 6.23. The number of nitrogens with one attached hydrogen (secondary N) is 1. The lowest BCUT2D eigenvalue weighted by Gasteiger charge is -2.16. The van der Waals surface area contributed by atoms with E-state index in [4.69, 9.17) is 0 Å². The van der Waals surface area contributed by atoms with Gasteiger partial charge in [-0.2, -0.15) is 8.78 Å². The summed E-state index contributed by atoms with van der Waals surface area (Å²) in [7, 11) is 0. The molecule has 0 amide bonds. The van der Waals surface area contributed by atoms with Gasteiger partial charge in [0.25, 0.3) is 0 Å². The fourth-order valence-corrected chi connectivity index (χ4v) is 3.48. The highest BCUT2D eigenvalue weighted by Crippen LogP contribution is 2.30. The number of halogens is 2. The molecule has 1 aromatic carbocycles. The Kier molecular flexibility index (Phi) is 3.61. The van der Waals surface area contributed by atoms with Crippen LogP contribution in [0.2, 0.25) is 0 Å². The van der Waals surface area contributed by atoms with Crippen molar-refractivity contribution in [3.63, 3.8) is 0 Å². The molecule has 5 nitrogen and oxygen atoms in total. The summed E-state index contributed by atoms with van der Waals surface area (Å²) in [5, 5.41) is 5.97. The molecular formula is C16H13F2N5S. The Morgan fingerprint density at radius 2 is 2.00 bits per heavy atom. The molecule has 24 heavy (non-hydrogen) atoms. The van der Waals surface area contributed by atoms with Gasteiger partial charge in [0.2, 0.25) is 0 Å². The van der Waals surface area contributed by atoms with Gasteiger partial charge in [-0.05, 0) is 30.5 Å². The minimum atomic E-state index is -2.66. The van der Waals surface area contributed by atoms with Crippen LogP contribution in [0.1, 0.15) is 25.3 Å². The molecule has 0 saturated carbocycles. The Morgan fingerprint density at radius 3 is 2.83 bits per heavy atom. The van der Waals surface area contributed by atoms with Crippen LogP contribution in [0.5, 0.6) is 0 Å². The van der Waals surface area contributed by atoms with Crippen molar-refractivity contribution in [1.82, 2.24) is 19.5 Å². The van der Waals surface area contributed by atoms with Crippen LogP contribution < -0.4 is 5.32 Å². The van der Waals surface area contributed by atoms with Crippen molar-refractivity contribution in [2.75, 3.05) is 5.32 Å². The van der Waals surface area contributed by atoms with Crippen LogP contribution in [-0.4, -0.2) is 19.5 Å². The van der Waals surface area contributed by atoms with E-state index in [9.17, 15) is 8.78 Å². The molecule has 0 aliphatic rings. The number of aromatic nitrogens is 4. The number of rotatable bonds is 4. The summed E-state index contributed by atoms with van der Waals surface area (Å²) >= 11 is 1.50. The average Bonchev–Trinajstić information content (AvgIpc) is 3.19. The zero-order chi connectivity index (χ0) is 16.7. The number of fused-ring (bicyclic) bond motifs is 2. The Bertz CT molecular complexity index is 1010. The number of para-hydroxylation sites is 2.